The van der Waals surface area contributed by atoms with E-state index < -0.39 is 0 Å². The highest BCUT2D eigenvalue weighted by Gasteiger charge is 2.41. The summed E-state index contributed by atoms with van der Waals surface area (Å²) in [5, 5.41) is 3.05. The fourth-order valence-electron chi connectivity index (χ4n) is 4.07. The van der Waals surface area contributed by atoms with Gasteiger partial charge in [0, 0.05) is 31.0 Å². The van der Waals surface area contributed by atoms with Gasteiger partial charge in [0.05, 0.1) is 19.1 Å². The minimum atomic E-state index is -0.381. The van der Waals surface area contributed by atoms with Crippen LogP contribution in [0.25, 0.3) is 0 Å². The van der Waals surface area contributed by atoms with Crippen molar-refractivity contribution in [1.82, 2.24) is 10.3 Å². The first-order valence-corrected chi connectivity index (χ1v) is 10.3. The largest absolute Gasteiger partial charge is 0.497 e. The maximum absolute atomic E-state index is 13.3. The summed E-state index contributed by atoms with van der Waals surface area (Å²) in [5.41, 5.74) is 2.68. The first-order chi connectivity index (χ1) is 15.2. The number of benzene rings is 2. The lowest BCUT2D eigenvalue weighted by Crippen LogP contribution is -2.48. The first-order valence-electron chi connectivity index (χ1n) is 10.3. The van der Waals surface area contributed by atoms with Gasteiger partial charge >= 0.3 is 0 Å². The van der Waals surface area contributed by atoms with E-state index in [2.05, 4.69) is 10.3 Å². The van der Waals surface area contributed by atoms with Gasteiger partial charge in [0.15, 0.2) is 0 Å². The van der Waals surface area contributed by atoms with E-state index in [1.165, 1.54) is 0 Å². The second-order valence-electron chi connectivity index (χ2n) is 7.54. The molecule has 31 heavy (non-hydrogen) atoms. The van der Waals surface area contributed by atoms with Gasteiger partial charge < -0.3 is 15.0 Å². The van der Waals surface area contributed by atoms with Gasteiger partial charge in [-0.05, 0) is 53.9 Å². The number of hydrogen-bond donors (Lipinski definition) is 1. The maximum Gasteiger partial charge on any atom is 0.227 e. The summed E-state index contributed by atoms with van der Waals surface area (Å²) in [6, 6.07) is 20.5. The third kappa shape index (κ3) is 4.58. The number of pyridine rings is 1. The molecule has 158 valence electrons. The van der Waals surface area contributed by atoms with Gasteiger partial charge in [0.25, 0.3) is 0 Å². The molecule has 0 bridgehead atoms. The summed E-state index contributed by atoms with van der Waals surface area (Å²) >= 11 is 0. The zero-order valence-electron chi connectivity index (χ0n) is 17.4. The van der Waals surface area contributed by atoms with Crippen LogP contribution in [0.1, 0.15) is 30.0 Å². The molecule has 0 spiro atoms. The third-order valence-electron chi connectivity index (χ3n) is 5.64. The van der Waals surface area contributed by atoms with E-state index in [4.69, 9.17) is 4.74 Å². The van der Waals surface area contributed by atoms with Gasteiger partial charge in [-0.25, -0.2) is 0 Å². The molecule has 1 saturated heterocycles. The number of aromatic nitrogens is 1. The van der Waals surface area contributed by atoms with Crippen molar-refractivity contribution >= 4 is 17.5 Å². The van der Waals surface area contributed by atoms with Crippen molar-refractivity contribution in [3.63, 3.8) is 0 Å². The van der Waals surface area contributed by atoms with Gasteiger partial charge in [-0.2, -0.15) is 0 Å². The quantitative estimate of drug-likeness (QED) is 0.663. The number of amides is 2. The summed E-state index contributed by atoms with van der Waals surface area (Å²) in [5.74, 6) is 0.314. The lowest BCUT2D eigenvalue weighted by Gasteiger charge is -2.41. The number of ether oxygens (including phenoxy) is 1. The van der Waals surface area contributed by atoms with Gasteiger partial charge in [-0.3, -0.25) is 14.6 Å². The number of anilines is 1. The molecule has 1 N–H and O–H groups in total. The van der Waals surface area contributed by atoms with Crippen LogP contribution in [0.4, 0.5) is 5.69 Å². The lowest BCUT2D eigenvalue weighted by molar-refractivity contribution is -0.129. The Morgan fingerprint density at radius 3 is 2.45 bits per heavy atom. The van der Waals surface area contributed by atoms with E-state index >= 15 is 0 Å². The molecule has 6 heteroatoms. The molecule has 0 radical (unpaired) electrons. The molecule has 4 rings (SSSR count). The number of carbonyl (C=O) groups excluding carboxylic acids is 2. The Bertz CT molecular complexity index is 1020. The Hall–Kier alpha value is -3.67. The molecule has 0 unspecified atom stereocenters. The summed E-state index contributed by atoms with van der Waals surface area (Å²) < 4.78 is 5.26. The lowest BCUT2D eigenvalue weighted by atomic mass is 9.83. The Labute approximate surface area is 181 Å². The van der Waals surface area contributed by atoms with E-state index in [9.17, 15) is 9.59 Å². The zero-order chi connectivity index (χ0) is 21.6. The predicted octanol–water partition coefficient (Wildman–Crippen LogP) is 3.89. The topological polar surface area (TPSA) is 71.5 Å². The van der Waals surface area contributed by atoms with Crippen LogP contribution in [0, 0.1) is 5.92 Å². The van der Waals surface area contributed by atoms with E-state index in [0.717, 1.165) is 22.6 Å². The summed E-state index contributed by atoms with van der Waals surface area (Å²) in [4.78, 5) is 32.1. The molecule has 2 aromatic carbocycles. The molecule has 0 saturated carbocycles. The van der Waals surface area contributed by atoms with Crippen molar-refractivity contribution < 1.29 is 14.3 Å². The normalized spacial score (nSPS) is 18.5. The van der Waals surface area contributed by atoms with Gasteiger partial charge in [-0.1, -0.05) is 30.3 Å². The van der Waals surface area contributed by atoms with Crippen molar-refractivity contribution in [2.45, 2.75) is 25.4 Å². The van der Waals surface area contributed by atoms with E-state index in [0.29, 0.717) is 19.4 Å². The second-order valence-corrected chi connectivity index (χ2v) is 7.54. The van der Waals surface area contributed by atoms with Crippen molar-refractivity contribution in [3.8, 4) is 5.75 Å². The zero-order valence-corrected chi connectivity index (χ0v) is 17.4. The summed E-state index contributed by atoms with van der Waals surface area (Å²) in [6.45, 7) is 0.426. The van der Waals surface area contributed by atoms with Crippen LogP contribution in [0.3, 0.4) is 0 Å². The maximum atomic E-state index is 13.3. The smallest absolute Gasteiger partial charge is 0.227 e. The molecule has 1 aliphatic heterocycles. The van der Waals surface area contributed by atoms with Gasteiger partial charge in [-0.15, -0.1) is 0 Å². The SMILES string of the molecule is COc1ccc(N2C(=O)CC[C@@H](C(=O)NCc3ccncc3)[C@@H]2c2ccccc2)cc1. The van der Waals surface area contributed by atoms with Crippen LogP contribution in [0.2, 0.25) is 0 Å². The molecule has 1 fully saturated rings. The fraction of sp³-hybridized carbons (Fsp3) is 0.240. The third-order valence-corrected chi connectivity index (χ3v) is 5.64. The number of nitrogens with zero attached hydrogens (tertiary/aromatic N) is 2. The molecular weight excluding hydrogens is 390 g/mol. The molecule has 1 aromatic heterocycles. The number of carbonyl (C=O) groups is 2. The summed E-state index contributed by atoms with van der Waals surface area (Å²) in [7, 11) is 1.61. The number of methoxy groups -OCH3 is 1. The Morgan fingerprint density at radius 1 is 1.06 bits per heavy atom. The predicted molar refractivity (Wildman–Crippen MR) is 118 cm³/mol. The highest BCUT2D eigenvalue weighted by Crippen LogP contribution is 2.40. The number of rotatable bonds is 6. The van der Waals surface area contributed by atoms with E-state index in [-0.39, 0.29) is 23.8 Å². The highest BCUT2D eigenvalue weighted by atomic mass is 16.5. The molecule has 2 atom stereocenters. The Kier molecular flexibility index (Phi) is 6.26. The van der Waals surface area contributed by atoms with Gasteiger partial charge in [0.2, 0.25) is 11.8 Å². The number of piperidine rings is 1. The Balaban J connectivity index is 1.65. The highest BCUT2D eigenvalue weighted by molar-refractivity contribution is 5.97. The van der Waals surface area contributed by atoms with Gasteiger partial charge in [0.1, 0.15) is 5.75 Å². The molecule has 2 heterocycles. The summed E-state index contributed by atoms with van der Waals surface area (Å²) in [6.07, 6.45) is 4.24. The van der Waals surface area contributed by atoms with Crippen molar-refractivity contribution in [2.75, 3.05) is 12.0 Å². The van der Waals surface area contributed by atoms with Crippen molar-refractivity contribution in [2.24, 2.45) is 5.92 Å². The monoisotopic (exact) mass is 415 g/mol. The van der Waals surface area contributed by atoms with Crippen molar-refractivity contribution in [3.05, 3.63) is 90.3 Å². The van der Waals surface area contributed by atoms with Crippen LogP contribution in [0.15, 0.2) is 79.1 Å². The van der Waals surface area contributed by atoms with E-state index in [1.54, 1.807) is 24.4 Å². The molecule has 6 nitrogen and oxygen atoms in total. The van der Waals surface area contributed by atoms with Crippen LogP contribution in [0.5, 0.6) is 5.75 Å². The second kappa shape index (κ2) is 9.43. The average Bonchev–Trinajstić information content (AvgIpc) is 2.83. The van der Waals surface area contributed by atoms with Crippen LogP contribution in [-0.4, -0.2) is 23.9 Å². The molecule has 2 amide bonds. The molecule has 1 aliphatic rings. The fourth-order valence-corrected chi connectivity index (χ4v) is 4.07. The minimum absolute atomic E-state index is 0.0113. The van der Waals surface area contributed by atoms with E-state index in [1.807, 2.05) is 66.7 Å². The Morgan fingerprint density at radius 2 is 1.77 bits per heavy atom. The minimum Gasteiger partial charge on any atom is -0.497 e. The molecule has 3 aromatic rings. The average molecular weight is 415 g/mol. The van der Waals surface area contributed by atoms with Crippen LogP contribution in [-0.2, 0) is 16.1 Å². The first kappa shape index (κ1) is 20.6. The number of nitrogens with one attached hydrogen (secondary N) is 1. The standard InChI is InChI=1S/C25H25N3O3/c1-31-21-9-7-20(8-10-21)28-23(29)12-11-22(24(28)19-5-3-2-4-6-19)25(30)27-17-18-13-15-26-16-14-18/h2-10,13-16,22,24H,11-12,17H2,1H3,(H,27,30)/t22-,24+/m1/s1. The van der Waals surface area contributed by atoms with Crippen molar-refractivity contribution in [1.29, 1.82) is 0 Å². The molecular formula is C25H25N3O3. The number of hydrogen-bond acceptors (Lipinski definition) is 4. The van der Waals surface area contributed by atoms with Crippen LogP contribution < -0.4 is 15.0 Å². The van der Waals surface area contributed by atoms with Crippen LogP contribution >= 0.6 is 0 Å². The molecule has 0 aliphatic carbocycles.